The van der Waals surface area contributed by atoms with Crippen molar-refractivity contribution in [3.8, 4) is 0 Å². The van der Waals surface area contributed by atoms with Gasteiger partial charge in [0.1, 0.15) is 5.60 Å². The normalized spacial score (nSPS) is 10.9. The van der Waals surface area contributed by atoms with Crippen molar-refractivity contribution in [3.05, 3.63) is 30.3 Å². The van der Waals surface area contributed by atoms with Gasteiger partial charge in [0.15, 0.2) is 0 Å². The molecule has 5 nitrogen and oxygen atoms in total. The number of hydrogen-bond donors (Lipinski definition) is 2. The molecule has 5 heteroatoms. The van der Waals surface area contributed by atoms with E-state index < -0.39 is 11.7 Å². The van der Waals surface area contributed by atoms with Gasteiger partial charge in [0.05, 0.1) is 5.84 Å². The molecule has 0 unspecified atom stereocenters. The first-order valence-electron chi connectivity index (χ1n) is 6.18. The Hall–Kier alpha value is -2.04. The molecule has 0 spiro atoms. The molecule has 0 saturated heterocycles. The van der Waals surface area contributed by atoms with Crippen molar-refractivity contribution in [2.45, 2.75) is 32.8 Å². The summed E-state index contributed by atoms with van der Waals surface area (Å²) < 4.78 is 5.36. The summed E-state index contributed by atoms with van der Waals surface area (Å²) in [5.74, 6) is 0.0458. The first-order chi connectivity index (χ1) is 8.79. The van der Waals surface area contributed by atoms with Crippen LogP contribution in [0.5, 0.6) is 0 Å². The molecule has 0 aliphatic heterocycles. The average molecular weight is 263 g/mol. The van der Waals surface area contributed by atoms with E-state index in [1.54, 1.807) is 0 Å². The van der Waals surface area contributed by atoms with Crippen LogP contribution in [-0.2, 0) is 4.74 Å². The minimum atomic E-state index is -0.555. The molecule has 1 amide bonds. The highest BCUT2D eigenvalue weighted by atomic mass is 16.6. The maximum atomic E-state index is 12.2. The third-order valence-corrected chi connectivity index (χ3v) is 2.29. The summed E-state index contributed by atoms with van der Waals surface area (Å²) in [5, 5.41) is 7.27. The first kappa shape index (κ1) is 15.0. The Morgan fingerprint density at radius 1 is 1.32 bits per heavy atom. The Morgan fingerprint density at radius 2 is 1.89 bits per heavy atom. The second-order valence-corrected chi connectivity index (χ2v) is 5.24. The van der Waals surface area contributed by atoms with Gasteiger partial charge in [0, 0.05) is 18.7 Å². The van der Waals surface area contributed by atoms with E-state index in [0.717, 1.165) is 5.69 Å². The summed E-state index contributed by atoms with van der Waals surface area (Å²) in [6.45, 7) is 5.78. The minimum Gasteiger partial charge on any atom is -0.443 e. The third kappa shape index (κ3) is 5.42. The Kier molecular flexibility index (Phi) is 4.92. The number of benzene rings is 1. The third-order valence-electron chi connectivity index (χ3n) is 2.29. The molecular formula is C14H21N3O2. The average Bonchev–Trinajstić information content (AvgIpc) is 2.27. The summed E-state index contributed by atoms with van der Waals surface area (Å²) in [5.41, 5.74) is 5.53. The molecule has 1 rings (SSSR count). The molecule has 19 heavy (non-hydrogen) atoms. The molecule has 0 fully saturated rings. The van der Waals surface area contributed by atoms with E-state index >= 15 is 0 Å². The summed E-state index contributed by atoms with van der Waals surface area (Å²) >= 11 is 0. The van der Waals surface area contributed by atoms with E-state index in [-0.39, 0.29) is 5.84 Å². The number of carbonyl (C=O) groups is 1. The molecule has 0 aliphatic rings. The lowest BCUT2D eigenvalue weighted by molar-refractivity contribution is 0.0581. The maximum absolute atomic E-state index is 12.2. The second-order valence-electron chi connectivity index (χ2n) is 5.24. The van der Waals surface area contributed by atoms with Gasteiger partial charge >= 0.3 is 6.09 Å². The fourth-order valence-corrected chi connectivity index (χ4v) is 1.48. The monoisotopic (exact) mass is 263 g/mol. The molecule has 0 bridgehead atoms. The number of nitrogens with one attached hydrogen (secondary N) is 1. The van der Waals surface area contributed by atoms with Crippen LogP contribution >= 0.6 is 0 Å². The van der Waals surface area contributed by atoms with E-state index in [0.29, 0.717) is 13.0 Å². The zero-order valence-corrected chi connectivity index (χ0v) is 11.6. The largest absolute Gasteiger partial charge is 0.443 e. The SMILES string of the molecule is CC(C)(C)OC(=O)N(CCC(=N)N)c1ccccc1. The van der Waals surface area contributed by atoms with Crippen LogP contribution in [0.15, 0.2) is 30.3 Å². The lowest BCUT2D eigenvalue weighted by atomic mass is 10.2. The van der Waals surface area contributed by atoms with Crippen molar-refractivity contribution < 1.29 is 9.53 Å². The predicted octanol–water partition coefficient (Wildman–Crippen LogP) is 2.75. The number of amidine groups is 1. The molecule has 104 valence electrons. The van der Waals surface area contributed by atoms with Crippen LogP contribution in [0, 0.1) is 5.41 Å². The van der Waals surface area contributed by atoms with Crippen molar-refractivity contribution in [1.82, 2.24) is 0 Å². The van der Waals surface area contributed by atoms with Crippen LogP contribution in [0.4, 0.5) is 10.5 Å². The van der Waals surface area contributed by atoms with E-state index in [1.165, 1.54) is 4.90 Å². The van der Waals surface area contributed by atoms with Crippen molar-refractivity contribution in [3.63, 3.8) is 0 Å². The van der Waals surface area contributed by atoms with Gasteiger partial charge in [-0.3, -0.25) is 10.3 Å². The number of nitrogens with two attached hydrogens (primary N) is 1. The van der Waals surface area contributed by atoms with Gasteiger partial charge in [-0.25, -0.2) is 4.79 Å². The van der Waals surface area contributed by atoms with Gasteiger partial charge < -0.3 is 10.5 Å². The van der Waals surface area contributed by atoms with Gasteiger partial charge in [0.2, 0.25) is 0 Å². The Bertz CT molecular complexity index is 438. The summed E-state index contributed by atoms with van der Waals surface area (Å²) in [7, 11) is 0. The van der Waals surface area contributed by atoms with Crippen LogP contribution in [-0.4, -0.2) is 24.1 Å². The van der Waals surface area contributed by atoms with Gasteiger partial charge in [-0.05, 0) is 32.9 Å². The number of nitrogens with zero attached hydrogens (tertiary/aromatic N) is 1. The fourth-order valence-electron chi connectivity index (χ4n) is 1.48. The lowest BCUT2D eigenvalue weighted by Gasteiger charge is -2.27. The smallest absolute Gasteiger partial charge is 0.414 e. The fraction of sp³-hybridized carbons (Fsp3) is 0.429. The zero-order chi connectivity index (χ0) is 14.5. The predicted molar refractivity (Wildman–Crippen MR) is 76.6 cm³/mol. The van der Waals surface area contributed by atoms with Crippen molar-refractivity contribution in [2.75, 3.05) is 11.4 Å². The number of hydrogen-bond acceptors (Lipinski definition) is 3. The number of rotatable bonds is 4. The van der Waals surface area contributed by atoms with Crippen LogP contribution in [0.2, 0.25) is 0 Å². The van der Waals surface area contributed by atoms with Crippen molar-refractivity contribution >= 4 is 17.6 Å². The highest BCUT2D eigenvalue weighted by Crippen LogP contribution is 2.18. The van der Waals surface area contributed by atoms with Crippen LogP contribution in [0.1, 0.15) is 27.2 Å². The summed E-state index contributed by atoms with van der Waals surface area (Å²) in [6, 6.07) is 9.22. The summed E-state index contributed by atoms with van der Waals surface area (Å²) in [4.78, 5) is 13.7. The number of amides is 1. The van der Waals surface area contributed by atoms with Crippen molar-refractivity contribution in [2.24, 2.45) is 5.73 Å². The standard InChI is InChI=1S/C14H21N3O2/c1-14(2,3)19-13(18)17(10-9-12(15)16)11-7-5-4-6-8-11/h4-8H,9-10H2,1-3H3,(H3,15,16). The number of para-hydroxylation sites is 1. The maximum Gasteiger partial charge on any atom is 0.414 e. The van der Waals surface area contributed by atoms with E-state index in [4.69, 9.17) is 15.9 Å². The molecule has 1 aromatic rings. The van der Waals surface area contributed by atoms with Crippen LogP contribution in [0.25, 0.3) is 0 Å². The van der Waals surface area contributed by atoms with E-state index in [1.807, 2.05) is 51.1 Å². The molecule has 0 heterocycles. The van der Waals surface area contributed by atoms with Gasteiger partial charge in [-0.15, -0.1) is 0 Å². The lowest BCUT2D eigenvalue weighted by Crippen LogP contribution is -2.38. The van der Waals surface area contributed by atoms with Gasteiger partial charge in [0.25, 0.3) is 0 Å². The van der Waals surface area contributed by atoms with Gasteiger partial charge in [-0.1, -0.05) is 18.2 Å². The van der Waals surface area contributed by atoms with Gasteiger partial charge in [-0.2, -0.15) is 0 Å². The molecule has 0 radical (unpaired) electrons. The summed E-state index contributed by atoms with van der Waals surface area (Å²) in [6.07, 6.45) is -0.117. The Balaban J connectivity index is 2.86. The topological polar surface area (TPSA) is 79.4 Å². The Labute approximate surface area is 113 Å². The highest BCUT2D eigenvalue weighted by Gasteiger charge is 2.23. The van der Waals surface area contributed by atoms with E-state index in [2.05, 4.69) is 0 Å². The number of carbonyl (C=O) groups excluding carboxylic acids is 1. The quantitative estimate of drug-likeness (QED) is 0.647. The molecule has 3 N–H and O–H groups in total. The van der Waals surface area contributed by atoms with Crippen LogP contribution in [0.3, 0.4) is 0 Å². The van der Waals surface area contributed by atoms with E-state index in [9.17, 15) is 4.79 Å². The molecule has 0 aliphatic carbocycles. The minimum absolute atomic E-state index is 0.0458. The zero-order valence-electron chi connectivity index (χ0n) is 11.6. The van der Waals surface area contributed by atoms with Crippen molar-refractivity contribution in [1.29, 1.82) is 5.41 Å². The number of ether oxygens (including phenoxy) is 1. The first-order valence-corrected chi connectivity index (χ1v) is 6.18. The second kappa shape index (κ2) is 6.22. The van der Waals surface area contributed by atoms with Crippen LogP contribution < -0.4 is 10.6 Å². The Morgan fingerprint density at radius 3 is 2.37 bits per heavy atom. The molecule has 0 atom stereocenters. The number of anilines is 1. The molecule has 0 saturated carbocycles. The molecule has 0 aromatic heterocycles. The highest BCUT2D eigenvalue weighted by molar-refractivity contribution is 5.89. The molecular weight excluding hydrogens is 242 g/mol. The molecule has 1 aromatic carbocycles.